The average molecular weight is 252 g/mol. The van der Waals surface area contributed by atoms with Crippen LogP contribution in [-0.2, 0) is 0 Å². The smallest absolute Gasteiger partial charge is 0.0249 e. The summed E-state index contributed by atoms with van der Waals surface area (Å²) in [5.74, 6) is 1.01. The van der Waals surface area contributed by atoms with E-state index >= 15 is 0 Å². The molecule has 2 rings (SSSR count). The SMILES string of the molecule is CCN(CC1CCC1)C1CCCCCCC1NC. The number of hydrogen-bond acceptors (Lipinski definition) is 2. The van der Waals surface area contributed by atoms with E-state index in [1.165, 1.54) is 70.9 Å². The molecule has 0 saturated heterocycles. The number of nitrogens with zero attached hydrogens (tertiary/aromatic N) is 1. The largest absolute Gasteiger partial charge is 0.315 e. The standard InChI is InChI=1S/C16H32N2/c1-3-18(13-14-9-8-10-14)16-12-7-5-4-6-11-15(16)17-2/h14-17H,3-13H2,1-2H3. The van der Waals surface area contributed by atoms with Crippen LogP contribution in [0.2, 0.25) is 0 Å². The van der Waals surface area contributed by atoms with Crippen LogP contribution in [0, 0.1) is 5.92 Å². The minimum atomic E-state index is 0.727. The maximum Gasteiger partial charge on any atom is 0.0249 e. The van der Waals surface area contributed by atoms with Gasteiger partial charge in [-0.05, 0) is 45.2 Å². The Morgan fingerprint density at radius 1 is 0.944 bits per heavy atom. The molecule has 0 aliphatic heterocycles. The molecule has 0 aromatic rings. The zero-order valence-corrected chi connectivity index (χ0v) is 12.5. The molecule has 0 heterocycles. The molecule has 1 N–H and O–H groups in total. The molecule has 0 bridgehead atoms. The Morgan fingerprint density at radius 3 is 2.22 bits per heavy atom. The van der Waals surface area contributed by atoms with E-state index in [-0.39, 0.29) is 0 Å². The van der Waals surface area contributed by atoms with Crippen LogP contribution in [0.25, 0.3) is 0 Å². The van der Waals surface area contributed by atoms with E-state index in [2.05, 4.69) is 24.2 Å². The molecule has 2 atom stereocenters. The highest BCUT2D eigenvalue weighted by Gasteiger charge is 2.29. The molecule has 2 unspecified atom stereocenters. The number of rotatable bonds is 5. The van der Waals surface area contributed by atoms with Crippen LogP contribution in [0.15, 0.2) is 0 Å². The second kappa shape index (κ2) is 7.49. The van der Waals surface area contributed by atoms with Gasteiger partial charge in [-0.1, -0.05) is 39.0 Å². The first kappa shape index (κ1) is 14.3. The lowest BCUT2D eigenvalue weighted by Crippen LogP contribution is -2.51. The Morgan fingerprint density at radius 2 is 1.67 bits per heavy atom. The summed E-state index contributed by atoms with van der Waals surface area (Å²) in [4.78, 5) is 2.79. The summed E-state index contributed by atoms with van der Waals surface area (Å²) in [5.41, 5.74) is 0. The van der Waals surface area contributed by atoms with Gasteiger partial charge in [0, 0.05) is 18.6 Å². The fourth-order valence-electron chi connectivity index (χ4n) is 3.74. The van der Waals surface area contributed by atoms with Gasteiger partial charge in [0.1, 0.15) is 0 Å². The van der Waals surface area contributed by atoms with Crippen molar-refractivity contribution in [2.75, 3.05) is 20.1 Å². The van der Waals surface area contributed by atoms with Gasteiger partial charge in [0.25, 0.3) is 0 Å². The monoisotopic (exact) mass is 252 g/mol. The van der Waals surface area contributed by atoms with Crippen LogP contribution < -0.4 is 5.32 Å². The second-order valence-electron chi connectivity index (χ2n) is 6.34. The van der Waals surface area contributed by atoms with Gasteiger partial charge in [-0.25, -0.2) is 0 Å². The van der Waals surface area contributed by atoms with Gasteiger partial charge in [-0.2, -0.15) is 0 Å². The summed E-state index contributed by atoms with van der Waals surface area (Å²) < 4.78 is 0. The van der Waals surface area contributed by atoms with Crippen LogP contribution >= 0.6 is 0 Å². The maximum absolute atomic E-state index is 3.60. The molecule has 2 fully saturated rings. The first-order chi connectivity index (χ1) is 8.85. The van der Waals surface area contributed by atoms with E-state index in [9.17, 15) is 0 Å². The first-order valence-corrected chi connectivity index (χ1v) is 8.26. The van der Waals surface area contributed by atoms with E-state index in [1.54, 1.807) is 0 Å². The topological polar surface area (TPSA) is 15.3 Å². The number of nitrogens with one attached hydrogen (secondary N) is 1. The summed E-state index contributed by atoms with van der Waals surface area (Å²) in [6, 6.07) is 1.52. The molecular formula is C16H32N2. The van der Waals surface area contributed by atoms with Crippen LogP contribution in [-0.4, -0.2) is 37.1 Å². The van der Waals surface area contributed by atoms with Crippen molar-refractivity contribution in [2.24, 2.45) is 5.92 Å². The van der Waals surface area contributed by atoms with Crippen molar-refractivity contribution in [3.8, 4) is 0 Å². The van der Waals surface area contributed by atoms with E-state index in [0.29, 0.717) is 0 Å². The minimum absolute atomic E-state index is 0.727. The summed E-state index contributed by atoms with van der Waals surface area (Å²) in [7, 11) is 2.16. The van der Waals surface area contributed by atoms with Gasteiger partial charge in [0.05, 0.1) is 0 Å². The molecule has 2 saturated carbocycles. The lowest BCUT2D eigenvalue weighted by Gasteiger charge is -2.41. The fourth-order valence-corrected chi connectivity index (χ4v) is 3.74. The molecule has 0 spiro atoms. The van der Waals surface area contributed by atoms with Crippen molar-refractivity contribution >= 4 is 0 Å². The lowest BCUT2D eigenvalue weighted by molar-refractivity contribution is 0.100. The Labute approximate surface area is 114 Å². The van der Waals surface area contributed by atoms with E-state index in [1.807, 2.05) is 0 Å². The van der Waals surface area contributed by atoms with Crippen molar-refractivity contribution < 1.29 is 0 Å². The normalized spacial score (nSPS) is 30.8. The van der Waals surface area contributed by atoms with Gasteiger partial charge in [0.15, 0.2) is 0 Å². The van der Waals surface area contributed by atoms with Crippen molar-refractivity contribution in [3.63, 3.8) is 0 Å². The van der Waals surface area contributed by atoms with Crippen LogP contribution in [0.4, 0.5) is 0 Å². The Balaban J connectivity index is 1.93. The third-order valence-corrected chi connectivity index (χ3v) is 5.19. The van der Waals surface area contributed by atoms with Crippen molar-refractivity contribution in [2.45, 2.75) is 76.8 Å². The highest BCUT2D eigenvalue weighted by Crippen LogP contribution is 2.29. The summed E-state index contributed by atoms with van der Waals surface area (Å²) in [6.45, 7) is 4.95. The zero-order chi connectivity index (χ0) is 12.8. The van der Waals surface area contributed by atoms with Gasteiger partial charge in [-0.15, -0.1) is 0 Å². The number of hydrogen-bond donors (Lipinski definition) is 1. The second-order valence-corrected chi connectivity index (χ2v) is 6.34. The lowest BCUT2D eigenvalue weighted by atomic mass is 9.83. The van der Waals surface area contributed by atoms with Crippen molar-refractivity contribution in [1.29, 1.82) is 0 Å². The molecule has 0 amide bonds. The van der Waals surface area contributed by atoms with Gasteiger partial charge in [0.2, 0.25) is 0 Å². The Kier molecular flexibility index (Phi) is 5.97. The molecule has 106 valence electrons. The predicted molar refractivity (Wildman–Crippen MR) is 78.9 cm³/mol. The molecule has 2 nitrogen and oxygen atoms in total. The summed E-state index contributed by atoms with van der Waals surface area (Å²) in [6.07, 6.45) is 13.0. The third-order valence-electron chi connectivity index (χ3n) is 5.19. The van der Waals surface area contributed by atoms with E-state index < -0.39 is 0 Å². The molecule has 2 aliphatic rings. The molecule has 0 aromatic heterocycles. The minimum Gasteiger partial charge on any atom is -0.315 e. The van der Waals surface area contributed by atoms with Crippen molar-refractivity contribution in [1.82, 2.24) is 10.2 Å². The van der Waals surface area contributed by atoms with E-state index in [4.69, 9.17) is 0 Å². The fraction of sp³-hybridized carbons (Fsp3) is 1.00. The van der Waals surface area contributed by atoms with Crippen molar-refractivity contribution in [3.05, 3.63) is 0 Å². The molecule has 2 heteroatoms. The van der Waals surface area contributed by atoms with E-state index in [0.717, 1.165) is 18.0 Å². The maximum atomic E-state index is 3.60. The first-order valence-electron chi connectivity index (χ1n) is 8.26. The summed E-state index contributed by atoms with van der Waals surface area (Å²) >= 11 is 0. The van der Waals surface area contributed by atoms with Gasteiger partial charge >= 0.3 is 0 Å². The molecule has 0 radical (unpaired) electrons. The van der Waals surface area contributed by atoms with Crippen LogP contribution in [0.3, 0.4) is 0 Å². The van der Waals surface area contributed by atoms with Crippen LogP contribution in [0.1, 0.15) is 64.7 Å². The van der Waals surface area contributed by atoms with Gasteiger partial charge in [-0.3, -0.25) is 4.90 Å². The third kappa shape index (κ3) is 3.71. The quantitative estimate of drug-likeness (QED) is 0.806. The molecule has 2 aliphatic carbocycles. The van der Waals surface area contributed by atoms with Crippen LogP contribution in [0.5, 0.6) is 0 Å². The number of likely N-dealkylation sites (N-methyl/N-ethyl adjacent to an activating group) is 2. The average Bonchev–Trinajstić information content (AvgIpc) is 2.30. The summed E-state index contributed by atoms with van der Waals surface area (Å²) in [5, 5.41) is 3.60. The molecular weight excluding hydrogens is 220 g/mol. The molecule has 18 heavy (non-hydrogen) atoms. The van der Waals surface area contributed by atoms with Gasteiger partial charge < -0.3 is 5.32 Å². The highest BCUT2D eigenvalue weighted by atomic mass is 15.2. The zero-order valence-electron chi connectivity index (χ0n) is 12.5. The Bertz CT molecular complexity index is 225. The highest BCUT2D eigenvalue weighted by molar-refractivity contribution is 4.87. The molecule has 0 aromatic carbocycles. The Hall–Kier alpha value is -0.0800. The predicted octanol–water partition coefficient (Wildman–Crippen LogP) is 3.42.